The third-order valence-electron chi connectivity index (χ3n) is 6.41. The van der Waals surface area contributed by atoms with Crippen LogP contribution >= 0.6 is 0 Å². The first-order valence-electron chi connectivity index (χ1n) is 11.6. The normalized spacial score (nSPS) is 22.2. The van der Waals surface area contributed by atoms with Crippen LogP contribution in [-0.4, -0.2) is 48.8 Å². The Labute approximate surface area is 176 Å². The maximum Gasteiger partial charge on any atom is 0.256 e. The number of carbonyl (C=O) groups excluding carboxylic acids is 1. The van der Waals surface area contributed by atoms with Crippen LogP contribution in [0.1, 0.15) is 71.6 Å². The molecule has 1 amide bonds. The van der Waals surface area contributed by atoms with E-state index in [0.717, 1.165) is 56.7 Å². The lowest BCUT2D eigenvalue weighted by atomic mass is 9.83. The number of rotatable bonds is 9. The Morgan fingerprint density at radius 2 is 1.90 bits per heavy atom. The lowest BCUT2D eigenvalue weighted by Crippen LogP contribution is -2.47. The molecule has 5 nitrogen and oxygen atoms in total. The summed E-state index contributed by atoms with van der Waals surface area (Å²) >= 11 is 0. The topological polar surface area (TPSA) is 50.8 Å². The number of anilines is 1. The Bertz CT molecular complexity index is 620. The SMILES string of the molecule is CCOC1(C(=O)Nc2ccc(OCCCN3CCCC[C@H]3C)cc2)CCCCC1. The van der Waals surface area contributed by atoms with Crippen LogP contribution in [0.5, 0.6) is 5.75 Å². The Morgan fingerprint density at radius 3 is 2.59 bits per heavy atom. The first-order valence-corrected chi connectivity index (χ1v) is 11.6. The minimum absolute atomic E-state index is 0.0108. The van der Waals surface area contributed by atoms with Crippen LogP contribution in [-0.2, 0) is 9.53 Å². The second-order valence-corrected chi connectivity index (χ2v) is 8.55. The number of hydrogen-bond acceptors (Lipinski definition) is 4. The van der Waals surface area contributed by atoms with E-state index in [1.54, 1.807) is 0 Å². The largest absolute Gasteiger partial charge is 0.494 e. The molecule has 0 radical (unpaired) electrons. The highest BCUT2D eigenvalue weighted by atomic mass is 16.5. The van der Waals surface area contributed by atoms with E-state index < -0.39 is 5.60 Å². The van der Waals surface area contributed by atoms with Crippen LogP contribution in [0.2, 0.25) is 0 Å². The molecule has 162 valence electrons. The molecule has 2 fully saturated rings. The second-order valence-electron chi connectivity index (χ2n) is 8.55. The van der Waals surface area contributed by atoms with Crippen LogP contribution in [0, 0.1) is 0 Å². The molecule has 29 heavy (non-hydrogen) atoms. The number of benzene rings is 1. The predicted molar refractivity (Wildman–Crippen MR) is 118 cm³/mol. The van der Waals surface area contributed by atoms with Gasteiger partial charge in [-0.3, -0.25) is 4.79 Å². The van der Waals surface area contributed by atoms with Gasteiger partial charge in [0, 0.05) is 24.9 Å². The van der Waals surface area contributed by atoms with Gasteiger partial charge in [0.1, 0.15) is 11.4 Å². The summed E-state index contributed by atoms with van der Waals surface area (Å²) in [5.74, 6) is 0.843. The van der Waals surface area contributed by atoms with Gasteiger partial charge in [0.2, 0.25) is 0 Å². The smallest absolute Gasteiger partial charge is 0.256 e. The molecule has 1 N–H and O–H groups in total. The zero-order valence-corrected chi connectivity index (χ0v) is 18.3. The standard InChI is InChI=1S/C24H38N2O3/c1-3-29-24(15-6-4-7-16-24)23(27)25-21-11-13-22(14-12-21)28-19-9-18-26-17-8-5-10-20(26)2/h11-14,20H,3-10,15-19H2,1-2H3,(H,25,27)/t20-/m1/s1. The zero-order chi connectivity index (χ0) is 20.5. The van der Waals surface area contributed by atoms with Gasteiger partial charge in [-0.05, 0) is 76.8 Å². The lowest BCUT2D eigenvalue weighted by Gasteiger charge is -2.35. The zero-order valence-electron chi connectivity index (χ0n) is 18.3. The molecule has 1 heterocycles. The molecule has 5 heteroatoms. The van der Waals surface area contributed by atoms with E-state index >= 15 is 0 Å². The van der Waals surface area contributed by atoms with Gasteiger partial charge in [-0.15, -0.1) is 0 Å². The average Bonchev–Trinajstić information content (AvgIpc) is 2.74. The van der Waals surface area contributed by atoms with Gasteiger partial charge in [-0.2, -0.15) is 0 Å². The molecule has 1 aromatic carbocycles. The van der Waals surface area contributed by atoms with Crippen molar-refractivity contribution < 1.29 is 14.3 Å². The third-order valence-corrected chi connectivity index (χ3v) is 6.41. The number of carbonyl (C=O) groups is 1. The summed E-state index contributed by atoms with van der Waals surface area (Å²) < 4.78 is 11.8. The Balaban J connectivity index is 1.44. The number of piperidine rings is 1. The Hall–Kier alpha value is -1.59. The van der Waals surface area contributed by atoms with Crippen molar-refractivity contribution in [1.29, 1.82) is 0 Å². The molecule has 0 unspecified atom stereocenters. The first-order chi connectivity index (χ1) is 14.1. The van der Waals surface area contributed by atoms with E-state index in [0.29, 0.717) is 12.6 Å². The molecule has 1 saturated heterocycles. The molecule has 1 aromatic rings. The highest BCUT2D eigenvalue weighted by Gasteiger charge is 2.40. The van der Waals surface area contributed by atoms with Crippen molar-refractivity contribution in [2.75, 3.05) is 31.6 Å². The van der Waals surface area contributed by atoms with Gasteiger partial charge in [0.05, 0.1) is 6.61 Å². The number of nitrogens with one attached hydrogen (secondary N) is 1. The summed E-state index contributed by atoms with van der Waals surface area (Å²) in [5.41, 5.74) is 0.141. The summed E-state index contributed by atoms with van der Waals surface area (Å²) in [7, 11) is 0. The third kappa shape index (κ3) is 6.19. The van der Waals surface area contributed by atoms with Gasteiger partial charge >= 0.3 is 0 Å². The van der Waals surface area contributed by atoms with E-state index in [-0.39, 0.29) is 5.91 Å². The fourth-order valence-electron chi connectivity index (χ4n) is 4.66. The predicted octanol–water partition coefficient (Wildman–Crippen LogP) is 5.01. The van der Waals surface area contributed by atoms with Crippen LogP contribution in [0.4, 0.5) is 5.69 Å². The highest BCUT2D eigenvalue weighted by Crippen LogP contribution is 2.33. The average molecular weight is 403 g/mol. The Kier molecular flexibility index (Phi) is 8.37. The minimum Gasteiger partial charge on any atom is -0.494 e. The molecule has 1 aliphatic heterocycles. The Morgan fingerprint density at radius 1 is 1.14 bits per heavy atom. The second kappa shape index (κ2) is 11.0. The molecular weight excluding hydrogens is 364 g/mol. The van der Waals surface area contributed by atoms with Crippen LogP contribution in [0.3, 0.4) is 0 Å². The van der Waals surface area contributed by atoms with Crippen molar-refractivity contribution in [3.8, 4) is 5.75 Å². The maximum absolute atomic E-state index is 12.9. The summed E-state index contributed by atoms with van der Waals surface area (Å²) in [6.45, 7) is 7.91. The molecule has 1 atom stereocenters. The minimum atomic E-state index is -0.659. The van der Waals surface area contributed by atoms with Crippen LogP contribution in [0.15, 0.2) is 24.3 Å². The number of nitrogens with zero attached hydrogens (tertiary/aromatic N) is 1. The number of ether oxygens (including phenoxy) is 2. The quantitative estimate of drug-likeness (QED) is 0.590. The van der Waals surface area contributed by atoms with E-state index in [1.807, 2.05) is 31.2 Å². The molecule has 0 aromatic heterocycles. The molecule has 0 spiro atoms. The molecule has 0 bridgehead atoms. The number of likely N-dealkylation sites (tertiary alicyclic amines) is 1. The van der Waals surface area contributed by atoms with Crippen molar-refractivity contribution in [2.24, 2.45) is 0 Å². The van der Waals surface area contributed by atoms with Crippen LogP contribution < -0.4 is 10.1 Å². The summed E-state index contributed by atoms with van der Waals surface area (Å²) in [6.07, 6.45) is 9.95. The van der Waals surface area contributed by atoms with Gasteiger partial charge in [0.15, 0.2) is 0 Å². The van der Waals surface area contributed by atoms with Crippen LogP contribution in [0.25, 0.3) is 0 Å². The summed E-state index contributed by atoms with van der Waals surface area (Å²) in [5, 5.41) is 3.05. The van der Waals surface area contributed by atoms with Gasteiger partial charge < -0.3 is 19.7 Å². The molecule has 1 aliphatic carbocycles. The molecule has 2 aliphatic rings. The molecular formula is C24H38N2O3. The van der Waals surface area contributed by atoms with E-state index in [4.69, 9.17) is 9.47 Å². The number of hydrogen-bond donors (Lipinski definition) is 1. The van der Waals surface area contributed by atoms with Gasteiger partial charge in [0.25, 0.3) is 5.91 Å². The van der Waals surface area contributed by atoms with Crippen molar-refractivity contribution in [3.05, 3.63) is 24.3 Å². The fraction of sp³-hybridized carbons (Fsp3) is 0.708. The van der Waals surface area contributed by atoms with Crippen molar-refractivity contribution in [3.63, 3.8) is 0 Å². The lowest BCUT2D eigenvalue weighted by molar-refractivity contribution is -0.145. The molecule has 3 rings (SSSR count). The van der Waals surface area contributed by atoms with Crippen molar-refractivity contribution in [2.45, 2.75) is 83.3 Å². The van der Waals surface area contributed by atoms with Crippen molar-refractivity contribution >= 4 is 11.6 Å². The van der Waals surface area contributed by atoms with Crippen molar-refractivity contribution in [1.82, 2.24) is 4.90 Å². The fourth-order valence-corrected chi connectivity index (χ4v) is 4.66. The number of amides is 1. The monoisotopic (exact) mass is 402 g/mol. The van der Waals surface area contributed by atoms with Gasteiger partial charge in [-0.1, -0.05) is 25.7 Å². The first kappa shape index (κ1) is 22.1. The summed E-state index contributed by atoms with van der Waals surface area (Å²) in [6, 6.07) is 8.42. The van der Waals surface area contributed by atoms with E-state index in [1.165, 1.54) is 32.2 Å². The van der Waals surface area contributed by atoms with Gasteiger partial charge in [-0.25, -0.2) is 0 Å². The van der Waals surface area contributed by atoms with E-state index in [9.17, 15) is 4.79 Å². The maximum atomic E-state index is 12.9. The summed E-state index contributed by atoms with van der Waals surface area (Å²) in [4.78, 5) is 15.5. The highest BCUT2D eigenvalue weighted by molar-refractivity contribution is 5.97. The van der Waals surface area contributed by atoms with E-state index in [2.05, 4.69) is 17.1 Å². The molecule has 1 saturated carbocycles.